The normalized spacial score (nSPS) is 18.4. The SMILES string of the molecule is CC(C)[C@@H](NC(=O)c1cc(F)cc(C(=O)O)c1)C(=O)N1CCC(c2ccc(Cl)cc2)C(C)(C)C1. The lowest BCUT2D eigenvalue weighted by molar-refractivity contribution is -0.137. The zero-order chi connectivity index (χ0) is 25.2. The summed E-state index contributed by atoms with van der Waals surface area (Å²) < 4.78 is 13.9. The maximum atomic E-state index is 13.9. The van der Waals surface area contributed by atoms with Crippen LogP contribution in [-0.4, -0.2) is 46.9 Å². The molecule has 1 unspecified atom stereocenters. The first-order valence-electron chi connectivity index (χ1n) is 11.3. The number of piperidine rings is 1. The Morgan fingerprint density at radius 2 is 1.74 bits per heavy atom. The molecule has 2 N–H and O–H groups in total. The van der Waals surface area contributed by atoms with Crippen molar-refractivity contribution in [3.8, 4) is 0 Å². The van der Waals surface area contributed by atoms with Crippen molar-refractivity contribution in [3.05, 3.63) is 70.0 Å². The van der Waals surface area contributed by atoms with Gasteiger partial charge in [-0.05, 0) is 59.6 Å². The fraction of sp³-hybridized carbons (Fsp3) is 0.423. The van der Waals surface area contributed by atoms with Crippen LogP contribution in [0.2, 0.25) is 5.02 Å². The van der Waals surface area contributed by atoms with E-state index in [9.17, 15) is 18.8 Å². The van der Waals surface area contributed by atoms with E-state index < -0.39 is 23.7 Å². The van der Waals surface area contributed by atoms with Crippen molar-refractivity contribution in [2.24, 2.45) is 11.3 Å². The summed E-state index contributed by atoms with van der Waals surface area (Å²) in [4.78, 5) is 39.2. The van der Waals surface area contributed by atoms with Crippen molar-refractivity contribution < 1.29 is 23.9 Å². The molecular weight excluding hydrogens is 459 g/mol. The molecule has 2 aromatic carbocycles. The number of hydrogen-bond acceptors (Lipinski definition) is 3. The Kier molecular flexibility index (Phi) is 7.66. The Morgan fingerprint density at radius 3 is 2.29 bits per heavy atom. The fourth-order valence-electron chi connectivity index (χ4n) is 4.64. The monoisotopic (exact) mass is 488 g/mol. The average molecular weight is 489 g/mol. The number of amides is 2. The van der Waals surface area contributed by atoms with Gasteiger partial charge in [-0.25, -0.2) is 9.18 Å². The van der Waals surface area contributed by atoms with Gasteiger partial charge >= 0.3 is 5.97 Å². The maximum Gasteiger partial charge on any atom is 0.335 e. The van der Waals surface area contributed by atoms with Crippen molar-refractivity contribution in [2.75, 3.05) is 13.1 Å². The predicted octanol–water partition coefficient (Wildman–Crippen LogP) is 4.97. The van der Waals surface area contributed by atoms with Crippen LogP contribution in [-0.2, 0) is 4.79 Å². The number of carboxylic acid groups (broad SMARTS) is 1. The number of nitrogens with one attached hydrogen (secondary N) is 1. The third-order valence-corrected chi connectivity index (χ3v) is 6.69. The molecule has 34 heavy (non-hydrogen) atoms. The van der Waals surface area contributed by atoms with Crippen LogP contribution in [0.25, 0.3) is 0 Å². The quantitative estimate of drug-likeness (QED) is 0.600. The summed E-state index contributed by atoms with van der Waals surface area (Å²) in [6, 6.07) is 9.87. The number of rotatable bonds is 6. The zero-order valence-corrected chi connectivity index (χ0v) is 20.5. The van der Waals surface area contributed by atoms with E-state index in [0.717, 1.165) is 24.6 Å². The Labute approximate surface area is 204 Å². The third kappa shape index (κ3) is 5.76. The first kappa shape index (κ1) is 25.7. The summed E-state index contributed by atoms with van der Waals surface area (Å²) >= 11 is 6.03. The molecule has 3 rings (SSSR count). The van der Waals surface area contributed by atoms with Crippen molar-refractivity contribution in [1.29, 1.82) is 0 Å². The molecule has 0 radical (unpaired) electrons. The van der Waals surface area contributed by atoms with Crippen molar-refractivity contribution in [2.45, 2.75) is 46.1 Å². The Morgan fingerprint density at radius 1 is 1.12 bits per heavy atom. The van der Waals surface area contributed by atoms with E-state index >= 15 is 0 Å². The van der Waals surface area contributed by atoms with Gasteiger partial charge in [-0.2, -0.15) is 0 Å². The van der Waals surface area contributed by atoms with E-state index in [-0.39, 0.29) is 34.3 Å². The minimum Gasteiger partial charge on any atom is -0.478 e. The first-order chi connectivity index (χ1) is 15.9. The molecule has 182 valence electrons. The van der Waals surface area contributed by atoms with Gasteiger partial charge in [0.25, 0.3) is 5.91 Å². The molecule has 0 bridgehead atoms. The molecule has 1 aliphatic rings. The highest BCUT2D eigenvalue weighted by Gasteiger charge is 2.40. The van der Waals surface area contributed by atoms with Gasteiger partial charge in [0.1, 0.15) is 11.9 Å². The molecular formula is C26H30ClFN2O4. The van der Waals surface area contributed by atoms with Gasteiger partial charge in [0.2, 0.25) is 5.91 Å². The van der Waals surface area contributed by atoms with Crippen LogP contribution in [0.1, 0.15) is 66.3 Å². The van der Waals surface area contributed by atoms with Crippen molar-refractivity contribution in [3.63, 3.8) is 0 Å². The molecule has 0 aromatic heterocycles. The standard InChI is InChI=1S/C26H30ClFN2O4/c1-15(2)22(29-23(31)17-11-18(25(33)34)13-20(28)12-17)24(32)30-10-9-21(26(3,4)14-30)16-5-7-19(27)8-6-16/h5-8,11-13,15,21-22H,9-10,14H2,1-4H3,(H,29,31)(H,33,34)/t21?,22-/m1/s1. The molecule has 0 aliphatic carbocycles. The van der Waals surface area contributed by atoms with Gasteiger partial charge < -0.3 is 15.3 Å². The number of halogens is 2. The summed E-state index contributed by atoms with van der Waals surface area (Å²) in [5.41, 5.74) is 0.503. The molecule has 0 spiro atoms. The van der Waals surface area contributed by atoms with Crippen molar-refractivity contribution in [1.82, 2.24) is 10.2 Å². The molecule has 1 fully saturated rings. The number of carboxylic acids is 1. The summed E-state index contributed by atoms with van der Waals surface area (Å²) in [6.07, 6.45) is 0.769. The molecule has 1 aliphatic heterocycles. The van der Waals surface area contributed by atoms with Crippen LogP contribution in [0.5, 0.6) is 0 Å². The van der Waals surface area contributed by atoms with E-state index in [1.54, 1.807) is 4.90 Å². The minimum absolute atomic E-state index is 0.141. The number of carbonyl (C=O) groups is 3. The number of carbonyl (C=O) groups excluding carboxylic acids is 2. The highest BCUT2D eigenvalue weighted by atomic mass is 35.5. The molecule has 0 saturated carbocycles. The summed E-state index contributed by atoms with van der Waals surface area (Å²) in [5.74, 6) is -3.03. The van der Waals surface area contributed by atoms with Crippen LogP contribution >= 0.6 is 11.6 Å². The van der Waals surface area contributed by atoms with Gasteiger partial charge in [0, 0.05) is 23.7 Å². The molecule has 6 nitrogen and oxygen atoms in total. The van der Waals surface area contributed by atoms with Crippen LogP contribution in [0, 0.1) is 17.2 Å². The van der Waals surface area contributed by atoms with E-state index in [1.165, 1.54) is 5.56 Å². The van der Waals surface area contributed by atoms with Crippen LogP contribution in [0.4, 0.5) is 4.39 Å². The largest absolute Gasteiger partial charge is 0.478 e. The van der Waals surface area contributed by atoms with E-state index in [2.05, 4.69) is 19.2 Å². The summed E-state index contributed by atoms with van der Waals surface area (Å²) in [5, 5.41) is 12.5. The highest BCUT2D eigenvalue weighted by Crippen LogP contribution is 2.42. The molecule has 2 aromatic rings. The van der Waals surface area contributed by atoms with E-state index in [1.807, 2.05) is 38.1 Å². The zero-order valence-electron chi connectivity index (χ0n) is 19.8. The number of nitrogens with zero attached hydrogens (tertiary/aromatic N) is 1. The first-order valence-corrected chi connectivity index (χ1v) is 11.7. The average Bonchev–Trinajstić information content (AvgIpc) is 2.76. The topological polar surface area (TPSA) is 86.7 Å². The highest BCUT2D eigenvalue weighted by molar-refractivity contribution is 6.30. The smallest absolute Gasteiger partial charge is 0.335 e. The minimum atomic E-state index is -1.34. The number of aromatic carboxylic acids is 1. The maximum absolute atomic E-state index is 13.9. The number of likely N-dealkylation sites (tertiary alicyclic amines) is 1. The second-order valence-electron chi connectivity index (χ2n) is 9.87. The lowest BCUT2D eigenvalue weighted by atomic mass is 9.70. The fourth-order valence-corrected chi connectivity index (χ4v) is 4.76. The Balaban J connectivity index is 1.76. The Hall–Kier alpha value is -2.93. The van der Waals surface area contributed by atoms with E-state index in [0.29, 0.717) is 18.1 Å². The second kappa shape index (κ2) is 10.1. The van der Waals surface area contributed by atoms with Gasteiger partial charge in [-0.3, -0.25) is 9.59 Å². The van der Waals surface area contributed by atoms with Gasteiger partial charge in [-0.15, -0.1) is 0 Å². The van der Waals surface area contributed by atoms with Crippen LogP contribution in [0.15, 0.2) is 42.5 Å². The number of hydrogen-bond donors (Lipinski definition) is 2. The number of benzene rings is 2. The summed E-state index contributed by atoms with van der Waals surface area (Å²) in [6.45, 7) is 8.94. The molecule has 2 atom stereocenters. The lowest BCUT2D eigenvalue weighted by Crippen LogP contribution is -2.55. The molecule has 1 saturated heterocycles. The third-order valence-electron chi connectivity index (χ3n) is 6.44. The molecule has 2 amide bonds. The predicted molar refractivity (Wildman–Crippen MR) is 129 cm³/mol. The van der Waals surface area contributed by atoms with Gasteiger partial charge in [0.15, 0.2) is 0 Å². The van der Waals surface area contributed by atoms with E-state index in [4.69, 9.17) is 16.7 Å². The summed E-state index contributed by atoms with van der Waals surface area (Å²) in [7, 11) is 0. The molecule has 1 heterocycles. The van der Waals surface area contributed by atoms with Gasteiger partial charge in [-0.1, -0.05) is 51.4 Å². The van der Waals surface area contributed by atoms with Gasteiger partial charge in [0.05, 0.1) is 5.56 Å². The second-order valence-corrected chi connectivity index (χ2v) is 10.3. The van der Waals surface area contributed by atoms with Crippen LogP contribution in [0.3, 0.4) is 0 Å². The molecule has 8 heteroatoms. The van der Waals surface area contributed by atoms with Crippen LogP contribution < -0.4 is 5.32 Å². The Bertz CT molecular complexity index is 1080. The lowest BCUT2D eigenvalue weighted by Gasteiger charge is -2.45. The van der Waals surface area contributed by atoms with Crippen molar-refractivity contribution >= 4 is 29.4 Å².